The summed E-state index contributed by atoms with van der Waals surface area (Å²) in [6.45, 7) is 6.45. The fourth-order valence-corrected chi connectivity index (χ4v) is 3.36. The van der Waals surface area contributed by atoms with E-state index in [0.29, 0.717) is 16.8 Å². The number of anilines is 1. The Morgan fingerprint density at radius 3 is 2.37 bits per heavy atom. The van der Waals surface area contributed by atoms with Crippen LogP contribution in [0.2, 0.25) is 0 Å². The Kier molecular flexibility index (Phi) is 8.61. The number of benzene rings is 2. The van der Waals surface area contributed by atoms with Crippen molar-refractivity contribution in [3.05, 3.63) is 65.2 Å². The second kappa shape index (κ2) is 10.9. The Morgan fingerprint density at radius 1 is 1.07 bits per heavy atom. The highest BCUT2D eigenvalue weighted by molar-refractivity contribution is 7.99. The first kappa shape index (κ1) is 21.3. The molecule has 2 aromatic rings. The summed E-state index contributed by atoms with van der Waals surface area (Å²) in [6.07, 6.45) is 1.11. The lowest BCUT2D eigenvalue weighted by molar-refractivity contribution is -0.119. The fraction of sp³-hybridized carbons (Fsp3) is 0.333. The molecule has 0 heterocycles. The highest BCUT2D eigenvalue weighted by atomic mass is 32.2. The van der Waals surface area contributed by atoms with E-state index < -0.39 is 0 Å². The zero-order valence-electron chi connectivity index (χ0n) is 16.0. The Hall–Kier alpha value is -2.05. The highest BCUT2D eigenvalue weighted by Crippen LogP contribution is 2.20. The number of rotatable bonds is 7. The molecule has 0 radical (unpaired) electrons. The van der Waals surface area contributed by atoms with Gasteiger partial charge in [-0.3, -0.25) is 15.6 Å². The first-order chi connectivity index (χ1) is 13.0. The van der Waals surface area contributed by atoms with Crippen LogP contribution in [-0.2, 0) is 10.5 Å². The number of thiocarbonyl (C=S) groups is 1. The molecule has 1 amide bonds. The summed E-state index contributed by atoms with van der Waals surface area (Å²) in [5.74, 6) is 1.61. The zero-order valence-corrected chi connectivity index (χ0v) is 17.7. The number of nitrogens with one attached hydrogen (secondary N) is 3. The third-order valence-corrected chi connectivity index (χ3v) is 5.50. The van der Waals surface area contributed by atoms with Crippen molar-refractivity contribution < 1.29 is 4.79 Å². The summed E-state index contributed by atoms with van der Waals surface area (Å²) in [5.41, 5.74) is 10.0. The van der Waals surface area contributed by atoms with Gasteiger partial charge in [-0.25, -0.2) is 0 Å². The van der Waals surface area contributed by atoms with Crippen LogP contribution in [0.3, 0.4) is 0 Å². The van der Waals surface area contributed by atoms with Crippen LogP contribution in [0.4, 0.5) is 5.69 Å². The third kappa shape index (κ3) is 7.61. The Balaban J connectivity index is 1.67. The molecule has 1 atom stereocenters. The van der Waals surface area contributed by atoms with Crippen molar-refractivity contribution >= 4 is 40.7 Å². The largest absolute Gasteiger partial charge is 0.331 e. The van der Waals surface area contributed by atoms with Gasteiger partial charge in [-0.1, -0.05) is 55.8 Å². The molecule has 0 saturated heterocycles. The second-order valence-electron chi connectivity index (χ2n) is 6.54. The van der Waals surface area contributed by atoms with E-state index in [1.807, 2.05) is 12.1 Å². The number of hydrogen-bond donors (Lipinski definition) is 3. The number of thioether (sulfide) groups is 1. The van der Waals surface area contributed by atoms with E-state index in [1.165, 1.54) is 16.7 Å². The van der Waals surface area contributed by atoms with Crippen molar-refractivity contribution in [3.8, 4) is 0 Å². The van der Waals surface area contributed by atoms with Gasteiger partial charge in [0.1, 0.15) is 0 Å². The lowest BCUT2D eigenvalue weighted by Crippen LogP contribution is -2.44. The normalized spacial score (nSPS) is 11.5. The predicted octanol–water partition coefficient (Wildman–Crippen LogP) is 4.76. The van der Waals surface area contributed by atoms with Gasteiger partial charge < -0.3 is 5.32 Å². The van der Waals surface area contributed by atoms with E-state index in [2.05, 4.69) is 73.3 Å². The molecule has 2 aromatic carbocycles. The van der Waals surface area contributed by atoms with Crippen LogP contribution in [0.1, 0.15) is 42.9 Å². The molecule has 0 aliphatic carbocycles. The molecule has 0 spiro atoms. The standard InChI is InChI=1S/C21H27N3OS2/c1-4-16(3)18-9-11-19(12-10-18)22-21(26)24-23-20(25)14-27-13-17-7-5-15(2)6-8-17/h5-12,16H,4,13-14H2,1-3H3,(H,23,25)(H2,22,24,26). The van der Waals surface area contributed by atoms with E-state index in [-0.39, 0.29) is 5.91 Å². The van der Waals surface area contributed by atoms with Crippen LogP contribution in [0, 0.1) is 6.92 Å². The first-order valence-corrected chi connectivity index (χ1v) is 10.6. The summed E-state index contributed by atoms with van der Waals surface area (Å²) in [4.78, 5) is 11.9. The number of carbonyl (C=O) groups is 1. The lowest BCUT2D eigenvalue weighted by atomic mass is 9.99. The maximum Gasteiger partial charge on any atom is 0.248 e. The first-order valence-electron chi connectivity index (χ1n) is 9.07. The Labute approximate surface area is 171 Å². The molecule has 0 aliphatic rings. The van der Waals surface area contributed by atoms with E-state index >= 15 is 0 Å². The maximum absolute atomic E-state index is 11.9. The molecular formula is C21H27N3OS2. The van der Waals surface area contributed by atoms with Crippen molar-refractivity contribution in [1.29, 1.82) is 0 Å². The summed E-state index contributed by atoms with van der Waals surface area (Å²) in [5, 5.41) is 3.43. The SMILES string of the molecule is CCC(C)c1ccc(NC(=S)NNC(=O)CSCc2ccc(C)cc2)cc1. The van der Waals surface area contributed by atoms with Crippen LogP contribution in [-0.4, -0.2) is 16.8 Å². The molecule has 0 aromatic heterocycles. The summed E-state index contributed by atoms with van der Waals surface area (Å²) in [7, 11) is 0. The van der Waals surface area contributed by atoms with Gasteiger partial charge in [-0.15, -0.1) is 11.8 Å². The van der Waals surface area contributed by atoms with Gasteiger partial charge in [0.15, 0.2) is 5.11 Å². The van der Waals surface area contributed by atoms with E-state index in [0.717, 1.165) is 17.9 Å². The van der Waals surface area contributed by atoms with E-state index in [4.69, 9.17) is 12.2 Å². The Morgan fingerprint density at radius 2 is 1.74 bits per heavy atom. The van der Waals surface area contributed by atoms with Gasteiger partial charge in [0, 0.05) is 11.4 Å². The molecule has 27 heavy (non-hydrogen) atoms. The van der Waals surface area contributed by atoms with Gasteiger partial charge >= 0.3 is 0 Å². The van der Waals surface area contributed by atoms with Gasteiger partial charge in [0.05, 0.1) is 5.75 Å². The number of aryl methyl sites for hydroxylation is 1. The predicted molar refractivity (Wildman–Crippen MR) is 120 cm³/mol. The van der Waals surface area contributed by atoms with Crippen molar-refractivity contribution in [2.75, 3.05) is 11.1 Å². The topological polar surface area (TPSA) is 53.2 Å². The van der Waals surface area contributed by atoms with Gasteiger partial charge in [0.2, 0.25) is 5.91 Å². The molecule has 0 aliphatic heterocycles. The van der Waals surface area contributed by atoms with Crippen LogP contribution >= 0.6 is 24.0 Å². The molecule has 0 fully saturated rings. The smallest absolute Gasteiger partial charge is 0.248 e. The van der Waals surface area contributed by atoms with Crippen molar-refractivity contribution in [2.24, 2.45) is 0 Å². The minimum Gasteiger partial charge on any atom is -0.331 e. The monoisotopic (exact) mass is 401 g/mol. The molecule has 3 N–H and O–H groups in total. The summed E-state index contributed by atoms with van der Waals surface area (Å²) < 4.78 is 0. The van der Waals surface area contributed by atoms with Crippen molar-refractivity contribution in [1.82, 2.24) is 10.9 Å². The van der Waals surface area contributed by atoms with Crippen LogP contribution in [0.5, 0.6) is 0 Å². The molecule has 0 bridgehead atoms. The van der Waals surface area contributed by atoms with Gasteiger partial charge in [-0.2, -0.15) is 0 Å². The average molecular weight is 402 g/mol. The van der Waals surface area contributed by atoms with Crippen LogP contribution in [0.15, 0.2) is 48.5 Å². The second-order valence-corrected chi connectivity index (χ2v) is 7.93. The quantitative estimate of drug-likeness (QED) is 0.461. The molecule has 1 unspecified atom stereocenters. The van der Waals surface area contributed by atoms with Crippen LogP contribution in [0.25, 0.3) is 0 Å². The number of amides is 1. The van der Waals surface area contributed by atoms with Gasteiger partial charge in [-0.05, 0) is 54.7 Å². The van der Waals surface area contributed by atoms with Crippen molar-refractivity contribution in [2.45, 2.75) is 38.9 Å². The molecule has 2 rings (SSSR count). The minimum atomic E-state index is -0.108. The molecule has 0 saturated carbocycles. The highest BCUT2D eigenvalue weighted by Gasteiger charge is 2.05. The minimum absolute atomic E-state index is 0.108. The number of hydrogen-bond acceptors (Lipinski definition) is 3. The van der Waals surface area contributed by atoms with E-state index in [1.54, 1.807) is 11.8 Å². The maximum atomic E-state index is 11.9. The van der Waals surface area contributed by atoms with Crippen LogP contribution < -0.4 is 16.2 Å². The fourth-order valence-electron chi connectivity index (χ4n) is 2.40. The third-order valence-electron chi connectivity index (χ3n) is 4.29. The zero-order chi connectivity index (χ0) is 19.6. The Bertz CT molecular complexity index is 745. The van der Waals surface area contributed by atoms with E-state index in [9.17, 15) is 4.79 Å². The molecule has 6 heteroatoms. The summed E-state index contributed by atoms with van der Waals surface area (Å²) in [6, 6.07) is 16.5. The average Bonchev–Trinajstić information content (AvgIpc) is 2.68. The number of carbonyl (C=O) groups excluding carboxylic acids is 1. The summed E-state index contributed by atoms with van der Waals surface area (Å²) >= 11 is 6.79. The molecule has 144 valence electrons. The lowest BCUT2D eigenvalue weighted by Gasteiger charge is -2.13. The molecule has 4 nitrogen and oxygen atoms in total. The number of hydrazine groups is 1. The molecular weight excluding hydrogens is 374 g/mol. The van der Waals surface area contributed by atoms with Gasteiger partial charge in [0.25, 0.3) is 0 Å². The van der Waals surface area contributed by atoms with Crippen molar-refractivity contribution in [3.63, 3.8) is 0 Å².